The molecule has 5 nitrogen and oxygen atoms in total. The smallest absolute Gasteiger partial charge is 0.225 e. The van der Waals surface area contributed by atoms with Crippen molar-refractivity contribution in [3.05, 3.63) is 34.1 Å². The second kappa shape index (κ2) is 6.07. The van der Waals surface area contributed by atoms with Crippen LogP contribution in [0.1, 0.15) is 30.4 Å². The van der Waals surface area contributed by atoms with Crippen molar-refractivity contribution >= 4 is 12.2 Å². The van der Waals surface area contributed by atoms with Crippen LogP contribution < -0.4 is 4.90 Å². The molecule has 112 valence electrons. The number of likely N-dealkylation sites (tertiary alicyclic amines) is 1. The lowest BCUT2D eigenvalue weighted by Gasteiger charge is -2.22. The second-order valence-corrected chi connectivity index (χ2v) is 6.30. The minimum atomic E-state index is 0.681. The molecule has 0 bridgehead atoms. The molecule has 1 N–H and O–H groups in total. The number of hydrogen-bond acceptors (Lipinski definition) is 3. The lowest BCUT2D eigenvalue weighted by Crippen LogP contribution is -3.12. The number of benzene rings is 1. The van der Waals surface area contributed by atoms with Gasteiger partial charge in [-0.3, -0.25) is 0 Å². The second-order valence-electron chi connectivity index (χ2n) is 5.93. The van der Waals surface area contributed by atoms with Crippen molar-refractivity contribution in [2.75, 3.05) is 13.1 Å². The van der Waals surface area contributed by atoms with Gasteiger partial charge in [-0.25, -0.2) is 0 Å². The topological polar surface area (TPSA) is 40.1 Å². The highest BCUT2D eigenvalue weighted by Crippen LogP contribution is 2.14. The fraction of sp³-hybridized carbons (Fsp3) is 0.533. The molecule has 3 rings (SSSR count). The average Bonchev–Trinajstić information content (AvgIpc) is 2.82. The first-order valence-electron chi connectivity index (χ1n) is 7.59. The lowest BCUT2D eigenvalue weighted by molar-refractivity contribution is -0.928. The van der Waals surface area contributed by atoms with E-state index in [0.717, 1.165) is 12.4 Å². The Bertz CT molecular complexity index is 682. The minimum Gasteiger partial charge on any atom is -0.316 e. The summed E-state index contributed by atoms with van der Waals surface area (Å²) in [5.41, 5.74) is 3.43. The van der Waals surface area contributed by atoms with Crippen molar-refractivity contribution < 1.29 is 4.90 Å². The normalized spacial score (nSPS) is 16.3. The van der Waals surface area contributed by atoms with Crippen molar-refractivity contribution in [1.29, 1.82) is 0 Å². The first kappa shape index (κ1) is 14.4. The SMILES string of the molecule is Cc1ccc(-n2nnn(C[NH+]3CCCCC3)c2=S)c(C)c1. The molecule has 1 fully saturated rings. The quantitative estimate of drug-likeness (QED) is 0.872. The Kier molecular flexibility index (Phi) is 4.17. The van der Waals surface area contributed by atoms with Gasteiger partial charge in [-0.1, -0.05) is 17.7 Å². The van der Waals surface area contributed by atoms with E-state index >= 15 is 0 Å². The molecule has 1 saturated heterocycles. The Morgan fingerprint density at radius 3 is 2.62 bits per heavy atom. The van der Waals surface area contributed by atoms with E-state index in [4.69, 9.17) is 12.2 Å². The predicted octanol–water partition coefficient (Wildman–Crippen LogP) is 1.44. The number of quaternary nitrogens is 1. The van der Waals surface area contributed by atoms with Crippen LogP contribution in [0.3, 0.4) is 0 Å². The van der Waals surface area contributed by atoms with E-state index in [9.17, 15) is 0 Å². The first-order chi connectivity index (χ1) is 10.1. The van der Waals surface area contributed by atoms with Gasteiger partial charge >= 0.3 is 0 Å². The van der Waals surface area contributed by atoms with Gasteiger partial charge in [0.25, 0.3) is 0 Å². The van der Waals surface area contributed by atoms with Gasteiger partial charge in [-0.15, -0.1) is 0 Å². The maximum atomic E-state index is 5.56. The first-order valence-corrected chi connectivity index (χ1v) is 8.00. The van der Waals surface area contributed by atoms with Crippen LogP contribution in [0.5, 0.6) is 0 Å². The van der Waals surface area contributed by atoms with Crippen LogP contribution in [0.15, 0.2) is 18.2 Å². The van der Waals surface area contributed by atoms with Crippen molar-refractivity contribution in [2.45, 2.75) is 39.8 Å². The van der Waals surface area contributed by atoms with E-state index in [1.165, 1.54) is 43.5 Å². The third kappa shape index (κ3) is 3.06. The van der Waals surface area contributed by atoms with Crippen LogP contribution in [0, 0.1) is 18.6 Å². The van der Waals surface area contributed by atoms with Gasteiger partial charge in [0, 0.05) is 0 Å². The standard InChI is InChI=1S/C15H21N5S/c1-12-6-7-14(13(2)10-12)20-15(21)19(16-17-20)11-18-8-4-3-5-9-18/h6-7,10H,3-5,8-9,11H2,1-2H3/p+1. The molecule has 0 spiro atoms. The van der Waals surface area contributed by atoms with E-state index in [1.54, 1.807) is 9.58 Å². The summed E-state index contributed by atoms with van der Waals surface area (Å²) in [7, 11) is 0. The number of hydrogen-bond donors (Lipinski definition) is 1. The van der Waals surface area contributed by atoms with E-state index in [2.05, 4.69) is 42.5 Å². The van der Waals surface area contributed by atoms with Crippen LogP contribution >= 0.6 is 12.2 Å². The number of aromatic nitrogens is 4. The zero-order chi connectivity index (χ0) is 14.8. The number of piperidine rings is 1. The molecule has 0 radical (unpaired) electrons. The lowest BCUT2D eigenvalue weighted by atomic mass is 10.1. The van der Waals surface area contributed by atoms with Crippen LogP contribution in [0.4, 0.5) is 0 Å². The largest absolute Gasteiger partial charge is 0.316 e. The monoisotopic (exact) mass is 304 g/mol. The summed E-state index contributed by atoms with van der Waals surface area (Å²) >= 11 is 5.56. The number of tetrazole rings is 1. The Morgan fingerprint density at radius 1 is 1.14 bits per heavy atom. The van der Waals surface area contributed by atoms with Crippen molar-refractivity contribution in [1.82, 2.24) is 19.8 Å². The van der Waals surface area contributed by atoms with E-state index in [1.807, 2.05) is 4.68 Å². The highest BCUT2D eigenvalue weighted by Gasteiger charge is 2.16. The molecule has 2 aromatic rings. The number of rotatable bonds is 3. The van der Waals surface area contributed by atoms with Gasteiger partial charge in [0.1, 0.15) is 0 Å². The Labute approximate surface area is 130 Å². The van der Waals surface area contributed by atoms with Crippen molar-refractivity contribution in [3.8, 4) is 5.69 Å². The van der Waals surface area contributed by atoms with Crippen LogP contribution in [0.25, 0.3) is 5.69 Å². The number of nitrogens with one attached hydrogen (secondary N) is 1. The molecule has 6 heteroatoms. The molecule has 0 aliphatic carbocycles. The van der Waals surface area contributed by atoms with Crippen LogP contribution in [-0.2, 0) is 6.67 Å². The number of aryl methyl sites for hydroxylation is 2. The maximum absolute atomic E-state index is 5.56. The van der Waals surface area contributed by atoms with Gasteiger partial charge in [0.15, 0.2) is 6.67 Å². The minimum absolute atomic E-state index is 0.681. The molecule has 0 amide bonds. The molecule has 0 atom stereocenters. The molecule has 1 aromatic heterocycles. The Balaban J connectivity index is 1.86. The third-order valence-electron chi connectivity index (χ3n) is 4.15. The fourth-order valence-electron chi connectivity index (χ4n) is 2.99. The van der Waals surface area contributed by atoms with Crippen LogP contribution in [-0.4, -0.2) is 32.9 Å². The van der Waals surface area contributed by atoms with Gasteiger partial charge in [0.05, 0.1) is 18.8 Å². The zero-order valence-corrected chi connectivity index (χ0v) is 13.5. The summed E-state index contributed by atoms with van der Waals surface area (Å²) in [6.45, 7) is 7.41. The van der Waals surface area contributed by atoms with Gasteiger partial charge < -0.3 is 4.90 Å². The summed E-state index contributed by atoms with van der Waals surface area (Å²) in [6.07, 6.45) is 3.95. The van der Waals surface area contributed by atoms with Gasteiger partial charge in [-0.05, 0) is 67.4 Å². The molecule has 1 aromatic carbocycles. The third-order valence-corrected chi connectivity index (χ3v) is 4.54. The highest BCUT2D eigenvalue weighted by molar-refractivity contribution is 7.71. The van der Waals surface area contributed by atoms with Crippen LogP contribution in [0.2, 0.25) is 0 Å². The molecule has 21 heavy (non-hydrogen) atoms. The van der Waals surface area contributed by atoms with E-state index < -0.39 is 0 Å². The summed E-state index contributed by atoms with van der Waals surface area (Å²) in [4.78, 5) is 1.55. The van der Waals surface area contributed by atoms with Crippen molar-refractivity contribution in [2.24, 2.45) is 0 Å². The van der Waals surface area contributed by atoms with E-state index in [0.29, 0.717) is 4.77 Å². The fourth-order valence-corrected chi connectivity index (χ4v) is 3.23. The molecule has 0 saturated carbocycles. The molecule has 1 aliphatic rings. The maximum Gasteiger partial charge on any atom is 0.225 e. The number of nitrogens with zero attached hydrogens (tertiary/aromatic N) is 4. The van der Waals surface area contributed by atoms with Gasteiger partial charge in [-0.2, -0.15) is 9.36 Å². The molecule has 2 heterocycles. The molecular formula is C15H22N5S+. The van der Waals surface area contributed by atoms with Crippen molar-refractivity contribution in [3.63, 3.8) is 0 Å². The average molecular weight is 304 g/mol. The molecule has 1 aliphatic heterocycles. The Hall–Kier alpha value is -1.53. The summed E-state index contributed by atoms with van der Waals surface area (Å²) < 4.78 is 4.31. The van der Waals surface area contributed by atoms with Gasteiger partial charge in [0.2, 0.25) is 4.77 Å². The summed E-state index contributed by atoms with van der Waals surface area (Å²) in [6, 6.07) is 6.29. The molecular weight excluding hydrogens is 282 g/mol. The Morgan fingerprint density at radius 2 is 1.90 bits per heavy atom. The molecule has 0 unspecified atom stereocenters. The highest BCUT2D eigenvalue weighted by atomic mass is 32.1. The summed E-state index contributed by atoms with van der Waals surface area (Å²) in [5, 5.41) is 8.51. The summed E-state index contributed by atoms with van der Waals surface area (Å²) in [5.74, 6) is 0. The zero-order valence-electron chi connectivity index (χ0n) is 12.7. The van der Waals surface area contributed by atoms with E-state index in [-0.39, 0.29) is 0 Å². The predicted molar refractivity (Wildman–Crippen MR) is 84.2 cm³/mol.